The van der Waals surface area contributed by atoms with Gasteiger partial charge in [0.2, 0.25) is 0 Å². The summed E-state index contributed by atoms with van der Waals surface area (Å²) >= 11 is 0. The number of hydrogen-bond donors (Lipinski definition) is 1. The molecule has 2 atom stereocenters. The van der Waals surface area contributed by atoms with Crippen LogP contribution < -0.4 is 0 Å². The Morgan fingerprint density at radius 1 is 0.327 bits per heavy atom. The number of likely N-dealkylation sites (N-methyl/N-ethyl adjacent to an activating group) is 1. The molecule has 0 aromatic carbocycles. The monoisotopic (exact) mass is 1390 g/mol. The Bertz CT molecular complexity index is 2120. The number of esters is 2. The third-order valence-electron chi connectivity index (χ3n) is 17.7. The van der Waals surface area contributed by atoms with Gasteiger partial charge < -0.3 is 18.9 Å². The maximum Gasteiger partial charge on any atom is 0.472 e. The Morgan fingerprint density at radius 2 is 0.582 bits per heavy atom. The van der Waals surface area contributed by atoms with E-state index in [1.807, 2.05) is 21.1 Å². The van der Waals surface area contributed by atoms with Gasteiger partial charge in [-0.1, -0.05) is 385 Å². The molecule has 0 aromatic heterocycles. The molecule has 0 aliphatic rings. The number of unbranched alkanes of at least 4 members (excludes halogenated alkanes) is 39. The molecule has 0 radical (unpaired) electrons. The molecule has 0 aliphatic carbocycles. The Hall–Kier alpha value is -3.85. The molecule has 0 fully saturated rings. The minimum Gasteiger partial charge on any atom is -0.462 e. The fourth-order valence-corrected chi connectivity index (χ4v) is 12.2. The molecule has 0 aromatic rings. The summed E-state index contributed by atoms with van der Waals surface area (Å²) in [7, 11) is 1.46. The fraction of sp³-hybridized carbons (Fsp3) is 0.727. The van der Waals surface area contributed by atoms with Crippen molar-refractivity contribution in [1.82, 2.24) is 0 Å². The highest BCUT2D eigenvalue weighted by molar-refractivity contribution is 7.47. The summed E-state index contributed by atoms with van der Waals surface area (Å²) in [6, 6.07) is 0. The predicted octanol–water partition coefficient (Wildman–Crippen LogP) is 27.5. The average molecular weight is 1390 g/mol. The van der Waals surface area contributed by atoms with Gasteiger partial charge in [0.05, 0.1) is 27.7 Å². The van der Waals surface area contributed by atoms with Crippen LogP contribution in [-0.2, 0) is 32.7 Å². The van der Waals surface area contributed by atoms with Gasteiger partial charge in [-0.3, -0.25) is 18.6 Å². The number of phosphoric acid groups is 1. The third kappa shape index (κ3) is 81.1. The SMILES string of the molecule is CC/C=C\C/C=C\C/C=C\C/C=C\C/C=C\C/C=C\C/C=C\C/C=C\C/C=C\C/C=C\C/C=C\CCCCCCCC(=O)OC(COC(=O)CCCCCCCCCCCCCCCCCCCCCCCCCCCCCCCCCCCCC)COP(=O)(O)OCC[N+](C)(C)C. The van der Waals surface area contributed by atoms with Crippen LogP contribution in [0, 0.1) is 0 Å². The van der Waals surface area contributed by atoms with Crippen LogP contribution >= 0.6 is 7.82 Å². The molecule has 2 unspecified atom stereocenters. The molecule has 0 aliphatic heterocycles. The number of carbonyl (C=O) groups is 2. The van der Waals surface area contributed by atoms with E-state index in [1.54, 1.807) is 0 Å². The summed E-state index contributed by atoms with van der Waals surface area (Å²) in [5.74, 6) is -0.813. The van der Waals surface area contributed by atoms with Gasteiger partial charge in [0, 0.05) is 12.8 Å². The quantitative estimate of drug-likeness (QED) is 0.0211. The minimum absolute atomic E-state index is 0.0227. The van der Waals surface area contributed by atoms with E-state index < -0.39 is 26.5 Å². The van der Waals surface area contributed by atoms with Crippen LogP contribution in [0.15, 0.2) is 134 Å². The third-order valence-corrected chi connectivity index (χ3v) is 18.7. The standard InChI is InChI=1S/C88H154NO8P/c1-6-8-10-12-14-16-18-20-22-24-26-28-30-32-34-36-38-40-42-43-44-45-47-49-51-53-55-57-59-61-63-65-67-69-71-73-75-77-79-81-88(91)97-86(85-96-98(92,93)95-83-82-89(3,4)5)84-94-87(90)80-78-76-74-72-70-68-66-64-62-60-58-56-54-52-50-48-46-41-39-37-35-33-31-29-27-25-23-21-19-17-15-13-11-9-7-2/h8,10,14,16,20,22,26,28,32,34,38,40,43-44,47,49,53,55,59,61,65,67,86H,6-7,9,11-13,15,17-19,21,23-25,27,29-31,33,35-37,39,41-42,45-46,48,50-52,54,56-58,60,62-64,66,68-85H2,1-5H3/p+1/b10-8-,16-14-,22-20-,28-26-,34-32-,40-38-,44-43-,49-47-,55-53-,61-59-,67-65-. The van der Waals surface area contributed by atoms with Gasteiger partial charge >= 0.3 is 19.8 Å². The van der Waals surface area contributed by atoms with Gasteiger partial charge in [0.1, 0.15) is 19.8 Å². The lowest BCUT2D eigenvalue weighted by Gasteiger charge is -2.24. The molecule has 0 rings (SSSR count). The highest BCUT2D eigenvalue weighted by Crippen LogP contribution is 2.43. The predicted molar refractivity (Wildman–Crippen MR) is 427 cm³/mol. The van der Waals surface area contributed by atoms with E-state index in [1.165, 1.54) is 205 Å². The molecule has 10 heteroatoms. The van der Waals surface area contributed by atoms with E-state index in [0.717, 1.165) is 122 Å². The zero-order chi connectivity index (χ0) is 71.1. The highest BCUT2D eigenvalue weighted by atomic mass is 31.2. The summed E-state index contributed by atoms with van der Waals surface area (Å²) in [5, 5.41) is 0. The van der Waals surface area contributed by atoms with Gasteiger partial charge in [-0.05, 0) is 96.3 Å². The topological polar surface area (TPSA) is 108 Å². The molecule has 0 spiro atoms. The molecule has 98 heavy (non-hydrogen) atoms. The van der Waals surface area contributed by atoms with Crippen molar-refractivity contribution in [2.24, 2.45) is 0 Å². The first-order valence-corrected chi connectivity index (χ1v) is 42.4. The van der Waals surface area contributed by atoms with Crippen molar-refractivity contribution in [3.63, 3.8) is 0 Å². The minimum atomic E-state index is -4.41. The van der Waals surface area contributed by atoms with Crippen molar-refractivity contribution in [2.75, 3.05) is 47.5 Å². The second kappa shape index (κ2) is 77.3. The van der Waals surface area contributed by atoms with Crippen LogP contribution in [0.25, 0.3) is 0 Å². The average Bonchev–Trinajstić information content (AvgIpc) is 1.23. The maximum absolute atomic E-state index is 12.9. The largest absolute Gasteiger partial charge is 0.472 e. The first kappa shape index (κ1) is 94.2. The molecule has 0 saturated heterocycles. The van der Waals surface area contributed by atoms with E-state index in [4.69, 9.17) is 18.5 Å². The van der Waals surface area contributed by atoms with E-state index in [-0.39, 0.29) is 32.0 Å². The summed E-state index contributed by atoms with van der Waals surface area (Å²) in [6.45, 7) is 4.33. The van der Waals surface area contributed by atoms with Crippen LogP contribution in [0.2, 0.25) is 0 Å². The number of allylic oxidation sites excluding steroid dienone is 22. The van der Waals surface area contributed by atoms with E-state index in [9.17, 15) is 19.0 Å². The molecule has 1 N–H and O–H groups in total. The van der Waals surface area contributed by atoms with Gasteiger partial charge in [0.25, 0.3) is 0 Å². The molecule has 0 heterocycles. The molecule has 9 nitrogen and oxygen atoms in total. The first-order chi connectivity index (χ1) is 48.0. The molecular weight excluding hydrogens is 1230 g/mol. The van der Waals surface area contributed by atoms with Crippen LogP contribution in [0.5, 0.6) is 0 Å². The van der Waals surface area contributed by atoms with Crippen LogP contribution in [0.3, 0.4) is 0 Å². The van der Waals surface area contributed by atoms with E-state index >= 15 is 0 Å². The number of quaternary nitrogens is 1. The Morgan fingerprint density at radius 3 is 0.867 bits per heavy atom. The lowest BCUT2D eigenvalue weighted by Crippen LogP contribution is -2.37. The van der Waals surface area contributed by atoms with Crippen molar-refractivity contribution in [2.45, 2.75) is 367 Å². The highest BCUT2D eigenvalue weighted by Gasteiger charge is 2.27. The maximum atomic E-state index is 12.9. The summed E-state index contributed by atoms with van der Waals surface area (Å²) in [4.78, 5) is 36.0. The second-order valence-corrected chi connectivity index (χ2v) is 29.9. The van der Waals surface area contributed by atoms with Crippen LogP contribution in [-0.4, -0.2) is 74.9 Å². The van der Waals surface area contributed by atoms with Crippen LogP contribution in [0.4, 0.5) is 0 Å². The Kier molecular flexibility index (Phi) is 74.3. The lowest BCUT2D eigenvalue weighted by atomic mass is 10.0. The Labute approximate surface area is 606 Å². The number of rotatable bonds is 75. The number of ether oxygens (including phenoxy) is 2. The zero-order valence-corrected chi connectivity index (χ0v) is 65.4. The first-order valence-electron chi connectivity index (χ1n) is 40.9. The van der Waals surface area contributed by atoms with Gasteiger partial charge in [-0.25, -0.2) is 4.57 Å². The summed E-state index contributed by atoms with van der Waals surface area (Å²) in [5.41, 5.74) is 0. The van der Waals surface area contributed by atoms with Crippen molar-refractivity contribution in [1.29, 1.82) is 0 Å². The molecule has 564 valence electrons. The lowest BCUT2D eigenvalue weighted by molar-refractivity contribution is -0.870. The van der Waals surface area contributed by atoms with Gasteiger partial charge in [-0.15, -0.1) is 0 Å². The molecule has 0 amide bonds. The number of hydrogen-bond acceptors (Lipinski definition) is 7. The van der Waals surface area contributed by atoms with E-state index in [2.05, 4.69) is 148 Å². The van der Waals surface area contributed by atoms with E-state index in [0.29, 0.717) is 17.4 Å². The van der Waals surface area contributed by atoms with Crippen molar-refractivity contribution >= 4 is 19.8 Å². The van der Waals surface area contributed by atoms with Crippen molar-refractivity contribution in [3.05, 3.63) is 134 Å². The smallest absolute Gasteiger partial charge is 0.462 e. The number of carbonyl (C=O) groups excluding carboxylic acids is 2. The molecular formula is C88H155NO8P+. The number of phosphoric ester groups is 1. The number of nitrogens with zero attached hydrogens (tertiary/aromatic N) is 1. The van der Waals surface area contributed by atoms with Crippen molar-refractivity contribution in [3.8, 4) is 0 Å². The normalized spacial score (nSPS) is 13.7. The summed E-state index contributed by atoms with van der Waals surface area (Å²) < 4.78 is 34.8. The second-order valence-electron chi connectivity index (χ2n) is 28.4. The summed E-state index contributed by atoms with van der Waals surface area (Å²) in [6.07, 6.45) is 113. The molecule has 0 bridgehead atoms. The Balaban J connectivity index is 4.04. The zero-order valence-electron chi connectivity index (χ0n) is 64.5. The van der Waals surface area contributed by atoms with Gasteiger partial charge in [-0.2, -0.15) is 0 Å². The fourth-order valence-electron chi connectivity index (χ4n) is 11.5. The van der Waals surface area contributed by atoms with Gasteiger partial charge in [0.15, 0.2) is 6.10 Å². The van der Waals surface area contributed by atoms with Crippen LogP contribution in [0.1, 0.15) is 361 Å². The molecule has 0 saturated carbocycles. The van der Waals surface area contributed by atoms with Crippen molar-refractivity contribution < 1.29 is 42.1 Å².